The van der Waals surface area contributed by atoms with Gasteiger partial charge in [-0.1, -0.05) is 28.1 Å². The molecular weight excluding hydrogens is 332 g/mol. The van der Waals surface area contributed by atoms with E-state index in [0.717, 1.165) is 4.47 Å². The van der Waals surface area contributed by atoms with Gasteiger partial charge in [0.1, 0.15) is 11.6 Å². The molecule has 0 atom stereocenters. The number of carbonyl (C=O) groups is 1. The molecular formula is C12H15BrN2O3S. The number of carbonyl (C=O) groups excluding carboxylic acids is 1. The summed E-state index contributed by atoms with van der Waals surface area (Å²) in [7, 11) is 1.57. The summed E-state index contributed by atoms with van der Waals surface area (Å²) in [6.45, 7) is 0.763. The molecule has 0 radical (unpaired) electrons. The van der Waals surface area contributed by atoms with E-state index in [-0.39, 0.29) is 17.5 Å². The Morgan fingerprint density at radius 1 is 1.47 bits per heavy atom. The molecule has 0 fully saturated rings. The summed E-state index contributed by atoms with van der Waals surface area (Å²) in [4.78, 5) is 11.9. The first kappa shape index (κ1) is 16.0. The van der Waals surface area contributed by atoms with Crippen molar-refractivity contribution < 1.29 is 14.3 Å². The number of nitrogens with two attached hydrogens (primary N) is 1. The lowest BCUT2D eigenvalue weighted by Gasteiger charge is -2.11. The number of halogens is 1. The fourth-order valence-corrected chi connectivity index (χ4v) is 1.87. The minimum Gasteiger partial charge on any atom is -0.389 e. The average Bonchev–Trinajstić information content (AvgIpc) is 2.34. The predicted octanol–water partition coefficient (Wildman–Crippen LogP) is 1.68. The van der Waals surface area contributed by atoms with Crippen molar-refractivity contribution >= 4 is 44.7 Å². The highest BCUT2D eigenvalue weighted by Crippen LogP contribution is 2.21. The molecule has 5 nitrogen and oxygen atoms in total. The summed E-state index contributed by atoms with van der Waals surface area (Å²) in [5.74, 6) is -0.272. The lowest BCUT2D eigenvalue weighted by Crippen LogP contribution is -2.22. The highest BCUT2D eigenvalue weighted by Gasteiger charge is 2.09. The fraction of sp³-hybridized carbons (Fsp3) is 0.333. The topological polar surface area (TPSA) is 73.6 Å². The smallest absolute Gasteiger partial charge is 0.250 e. The van der Waals surface area contributed by atoms with Crippen LogP contribution in [0.5, 0.6) is 0 Å². The molecule has 7 heteroatoms. The van der Waals surface area contributed by atoms with Crippen LogP contribution in [0.4, 0.5) is 5.69 Å². The van der Waals surface area contributed by atoms with Gasteiger partial charge in [-0.25, -0.2) is 0 Å². The van der Waals surface area contributed by atoms with Crippen LogP contribution in [0.2, 0.25) is 0 Å². The first-order chi connectivity index (χ1) is 9.04. The van der Waals surface area contributed by atoms with Crippen LogP contribution in [0.3, 0.4) is 0 Å². The Labute approximate surface area is 125 Å². The molecule has 0 saturated heterocycles. The Kier molecular flexibility index (Phi) is 6.93. The van der Waals surface area contributed by atoms with Gasteiger partial charge in [0.15, 0.2) is 0 Å². The number of anilines is 1. The van der Waals surface area contributed by atoms with E-state index in [9.17, 15) is 4.79 Å². The van der Waals surface area contributed by atoms with Crippen molar-refractivity contribution in [2.24, 2.45) is 5.73 Å². The minimum absolute atomic E-state index is 0.0490. The molecule has 0 bridgehead atoms. The van der Waals surface area contributed by atoms with Gasteiger partial charge in [0.25, 0.3) is 0 Å². The molecule has 104 valence electrons. The molecule has 0 saturated carbocycles. The number of benzene rings is 1. The summed E-state index contributed by atoms with van der Waals surface area (Å²) in [6, 6.07) is 5.29. The molecule has 1 rings (SSSR count). The van der Waals surface area contributed by atoms with Crippen LogP contribution in [0.15, 0.2) is 22.7 Å². The van der Waals surface area contributed by atoms with Crippen molar-refractivity contribution in [1.29, 1.82) is 0 Å². The largest absolute Gasteiger partial charge is 0.389 e. The van der Waals surface area contributed by atoms with Crippen LogP contribution in [0, 0.1) is 0 Å². The van der Waals surface area contributed by atoms with Crippen LogP contribution in [-0.2, 0) is 14.3 Å². The second kappa shape index (κ2) is 8.21. The molecule has 3 N–H and O–H groups in total. The van der Waals surface area contributed by atoms with Gasteiger partial charge in [-0.2, -0.15) is 0 Å². The maximum absolute atomic E-state index is 11.7. The maximum atomic E-state index is 11.7. The van der Waals surface area contributed by atoms with Crippen LogP contribution in [0.25, 0.3) is 0 Å². The average molecular weight is 347 g/mol. The third kappa shape index (κ3) is 5.65. The molecule has 19 heavy (non-hydrogen) atoms. The van der Waals surface area contributed by atoms with Gasteiger partial charge in [-0.05, 0) is 18.2 Å². The third-order valence-corrected chi connectivity index (χ3v) is 2.90. The predicted molar refractivity (Wildman–Crippen MR) is 81.4 cm³/mol. The second-order valence-corrected chi connectivity index (χ2v) is 5.00. The molecule has 0 heterocycles. The van der Waals surface area contributed by atoms with E-state index in [0.29, 0.717) is 24.5 Å². The van der Waals surface area contributed by atoms with E-state index in [1.165, 1.54) is 0 Å². The first-order valence-corrected chi connectivity index (χ1v) is 6.70. The molecule has 0 aliphatic carbocycles. The molecule has 1 aromatic carbocycles. The summed E-state index contributed by atoms with van der Waals surface area (Å²) in [6.07, 6.45) is 0. The van der Waals surface area contributed by atoms with Crippen LogP contribution in [0.1, 0.15) is 5.56 Å². The zero-order valence-electron chi connectivity index (χ0n) is 10.4. The fourth-order valence-electron chi connectivity index (χ4n) is 1.33. The van der Waals surface area contributed by atoms with E-state index in [2.05, 4.69) is 21.2 Å². The zero-order chi connectivity index (χ0) is 14.3. The third-order valence-electron chi connectivity index (χ3n) is 2.19. The summed E-state index contributed by atoms with van der Waals surface area (Å²) < 4.78 is 10.8. The Hall–Kier alpha value is -1.02. The van der Waals surface area contributed by atoms with Gasteiger partial charge in [-0.3, -0.25) is 4.79 Å². The number of rotatable bonds is 7. The number of nitrogens with one attached hydrogen (secondary N) is 1. The first-order valence-electron chi connectivity index (χ1n) is 5.50. The van der Waals surface area contributed by atoms with Gasteiger partial charge in [0.2, 0.25) is 5.91 Å². The van der Waals surface area contributed by atoms with Crippen molar-refractivity contribution in [3.63, 3.8) is 0 Å². The lowest BCUT2D eigenvalue weighted by atomic mass is 10.2. The molecule has 0 spiro atoms. The molecule has 0 aliphatic heterocycles. The van der Waals surface area contributed by atoms with Crippen molar-refractivity contribution in [2.45, 2.75) is 0 Å². The maximum Gasteiger partial charge on any atom is 0.250 e. The van der Waals surface area contributed by atoms with Gasteiger partial charge in [0, 0.05) is 17.1 Å². The van der Waals surface area contributed by atoms with E-state index in [4.69, 9.17) is 27.4 Å². The summed E-state index contributed by atoms with van der Waals surface area (Å²) in [5, 5.41) is 2.71. The van der Waals surface area contributed by atoms with Gasteiger partial charge in [-0.15, -0.1) is 0 Å². The SMILES string of the molecule is COCCOCC(=O)Nc1cc(Br)ccc1C(N)=S. The number of amides is 1. The van der Waals surface area contributed by atoms with E-state index >= 15 is 0 Å². The number of ether oxygens (including phenoxy) is 2. The second-order valence-electron chi connectivity index (χ2n) is 3.65. The van der Waals surface area contributed by atoms with Crippen LogP contribution < -0.4 is 11.1 Å². The Morgan fingerprint density at radius 2 is 2.21 bits per heavy atom. The van der Waals surface area contributed by atoms with Crippen LogP contribution in [-0.4, -0.2) is 37.8 Å². The lowest BCUT2D eigenvalue weighted by molar-refractivity contribution is -0.121. The van der Waals surface area contributed by atoms with Crippen molar-refractivity contribution in [3.8, 4) is 0 Å². The quantitative estimate of drug-likeness (QED) is 0.580. The van der Waals surface area contributed by atoms with E-state index < -0.39 is 0 Å². The van der Waals surface area contributed by atoms with Crippen molar-refractivity contribution in [2.75, 3.05) is 32.2 Å². The molecule has 1 amide bonds. The monoisotopic (exact) mass is 346 g/mol. The molecule has 0 aromatic heterocycles. The highest BCUT2D eigenvalue weighted by molar-refractivity contribution is 9.10. The van der Waals surface area contributed by atoms with Gasteiger partial charge < -0.3 is 20.5 Å². The summed E-state index contributed by atoms with van der Waals surface area (Å²) in [5.41, 5.74) is 6.77. The number of hydrogen-bond acceptors (Lipinski definition) is 4. The standard InChI is InChI=1S/C12H15BrN2O3S/c1-17-4-5-18-7-11(16)15-10-6-8(13)2-3-9(10)12(14)19/h2-3,6H,4-5,7H2,1H3,(H2,14,19)(H,15,16). The Bertz CT molecular complexity index is 468. The number of thiocarbonyl (C=S) groups is 1. The normalized spacial score (nSPS) is 10.2. The minimum atomic E-state index is -0.272. The zero-order valence-corrected chi connectivity index (χ0v) is 12.8. The van der Waals surface area contributed by atoms with Crippen molar-refractivity contribution in [1.82, 2.24) is 0 Å². The Balaban J connectivity index is 2.62. The number of methoxy groups -OCH3 is 1. The van der Waals surface area contributed by atoms with E-state index in [1.54, 1.807) is 25.3 Å². The van der Waals surface area contributed by atoms with E-state index in [1.807, 2.05) is 0 Å². The number of hydrogen-bond donors (Lipinski definition) is 2. The summed E-state index contributed by atoms with van der Waals surface area (Å²) >= 11 is 8.26. The van der Waals surface area contributed by atoms with Gasteiger partial charge in [0.05, 0.1) is 18.9 Å². The Morgan fingerprint density at radius 3 is 2.84 bits per heavy atom. The van der Waals surface area contributed by atoms with Gasteiger partial charge >= 0.3 is 0 Å². The molecule has 0 aliphatic rings. The highest BCUT2D eigenvalue weighted by atomic mass is 79.9. The van der Waals surface area contributed by atoms with Crippen molar-refractivity contribution in [3.05, 3.63) is 28.2 Å². The molecule has 0 unspecified atom stereocenters. The molecule has 1 aromatic rings. The van der Waals surface area contributed by atoms with Crippen LogP contribution >= 0.6 is 28.1 Å².